The maximum atomic E-state index is 14.2. The lowest BCUT2D eigenvalue weighted by molar-refractivity contribution is -0.134. The zero-order valence-corrected chi connectivity index (χ0v) is 23.0. The summed E-state index contributed by atoms with van der Waals surface area (Å²) in [6.45, 7) is 12.3. The molecular formula is C30H40N2O3. The molecule has 0 saturated heterocycles. The van der Waals surface area contributed by atoms with Crippen LogP contribution in [0.25, 0.3) is 0 Å². The van der Waals surface area contributed by atoms with Crippen LogP contribution in [0.3, 0.4) is 0 Å². The highest BCUT2D eigenvalue weighted by molar-refractivity contribution is 6.24. The molecule has 3 aliphatic rings. The highest BCUT2D eigenvalue weighted by atomic mass is 16.2. The molecule has 1 aromatic carbocycles. The van der Waals surface area contributed by atoms with Crippen molar-refractivity contribution in [1.29, 1.82) is 0 Å². The van der Waals surface area contributed by atoms with E-state index in [0.717, 1.165) is 40.7 Å². The molecule has 3 aliphatic carbocycles. The van der Waals surface area contributed by atoms with Crippen molar-refractivity contribution in [3.63, 3.8) is 0 Å². The summed E-state index contributed by atoms with van der Waals surface area (Å²) in [5, 5.41) is 0. The minimum absolute atomic E-state index is 0.000813. The molecule has 188 valence electrons. The van der Waals surface area contributed by atoms with Crippen LogP contribution in [0.2, 0.25) is 0 Å². The van der Waals surface area contributed by atoms with Crippen molar-refractivity contribution in [3.8, 4) is 0 Å². The molecule has 4 rings (SSSR count). The summed E-state index contributed by atoms with van der Waals surface area (Å²) in [5.41, 5.74) is 6.18. The van der Waals surface area contributed by atoms with Gasteiger partial charge in [-0.2, -0.15) is 0 Å². The Labute approximate surface area is 210 Å². The Bertz CT molecular complexity index is 1200. The van der Waals surface area contributed by atoms with E-state index in [1.54, 1.807) is 14.1 Å². The van der Waals surface area contributed by atoms with Gasteiger partial charge in [0.1, 0.15) is 0 Å². The molecular weight excluding hydrogens is 436 g/mol. The number of hydrogen-bond donors (Lipinski definition) is 0. The highest BCUT2D eigenvalue weighted by Crippen LogP contribution is 2.57. The average molecular weight is 477 g/mol. The lowest BCUT2D eigenvalue weighted by Gasteiger charge is -2.54. The summed E-state index contributed by atoms with van der Waals surface area (Å²) in [7, 11) is 7.43. The Kier molecular flexibility index (Phi) is 6.24. The summed E-state index contributed by atoms with van der Waals surface area (Å²) in [5.74, 6) is 0.117. The number of carbonyl (C=O) groups is 3. The van der Waals surface area contributed by atoms with Gasteiger partial charge in [0.2, 0.25) is 0 Å². The highest BCUT2D eigenvalue weighted by Gasteiger charge is 2.58. The van der Waals surface area contributed by atoms with Crippen molar-refractivity contribution in [2.24, 2.45) is 17.3 Å². The van der Waals surface area contributed by atoms with Crippen LogP contribution in [-0.4, -0.2) is 61.5 Å². The second-order valence-corrected chi connectivity index (χ2v) is 11.8. The summed E-state index contributed by atoms with van der Waals surface area (Å²) in [6, 6.07) is 4.19. The number of rotatable bonds is 3. The van der Waals surface area contributed by atoms with Crippen molar-refractivity contribution in [3.05, 3.63) is 56.7 Å². The molecule has 0 heterocycles. The molecule has 1 amide bonds. The van der Waals surface area contributed by atoms with Gasteiger partial charge in [-0.3, -0.25) is 14.4 Å². The van der Waals surface area contributed by atoms with E-state index in [9.17, 15) is 14.4 Å². The second-order valence-electron chi connectivity index (χ2n) is 11.8. The number of nitrogens with zero attached hydrogens (tertiary/aromatic N) is 2. The molecule has 0 radical (unpaired) electrons. The largest absolute Gasteiger partial charge is 0.345 e. The molecule has 5 nitrogen and oxygen atoms in total. The standard InChI is InChI=1S/C30H40N2O3/c1-15(2)20-12-11-16(3)23-21(20)13-19-14-22-26(31(7)8)17(4)24(29(35)32(9)10)28(34)30(22,6)18(5)25(19)27(23)33/h11-12,15,19,22,26H,13-14H2,1-10H3/t19-,22-,26+,30-/m0/s1. The minimum Gasteiger partial charge on any atom is -0.345 e. The topological polar surface area (TPSA) is 57.7 Å². The maximum Gasteiger partial charge on any atom is 0.256 e. The van der Waals surface area contributed by atoms with Crippen LogP contribution in [0.5, 0.6) is 0 Å². The van der Waals surface area contributed by atoms with Crippen molar-refractivity contribution < 1.29 is 14.4 Å². The van der Waals surface area contributed by atoms with E-state index >= 15 is 0 Å². The zero-order valence-electron chi connectivity index (χ0n) is 23.0. The van der Waals surface area contributed by atoms with Crippen molar-refractivity contribution >= 4 is 17.5 Å². The zero-order chi connectivity index (χ0) is 26.1. The van der Waals surface area contributed by atoms with Gasteiger partial charge in [0.05, 0.1) is 11.0 Å². The predicted molar refractivity (Wildman–Crippen MR) is 140 cm³/mol. The van der Waals surface area contributed by atoms with Crippen LogP contribution in [0.1, 0.15) is 74.0 Å². The van der Waals surface area contributed by atoms with E-state index in [1.807, 2.05) is 41.8 Å². The van der Waals surface area contributed by atoms with Crippen LogP contribution in [0.15, 0.2) is 34.4 Å². The number of aryl methyl sites for hydroxylation is 1. The summed E-state index contributed by atoms with van der Waals surface area (Å²) < 4.78 is 0. The lowest BCUT2D eigenvalue weighted by Crippen LogP contribution is -2.58. The molecule has 0 aliphatic heterocycles. The van der Waals surface area contributed by atoms with Gasteiger partial charge in [0.25, 0.3) is 5.91 Å². The molecule has 4 atom stereocenters. The van der Waals surface area contributed by atoms with E-state index in [0.29, 0.717) is 5.92 Å². The van der Waals surface area contributed by atoms with Crippen molar-refractivity contribution in [1.82, 2.24) is 9.80 Å². The molecule has 0 saturated carbocycles. The number of Topliss-reactive ketones (excluding diaryl/α,β-unsaturated/α-hetero) is 2. The SMILES string of the molecule is CC1=C(C(=O)N(C)C)C(=O)[C@@]2(C)C(C)=C3C(=O)c4c(C)ccc(C(C)C)c4C[C@H]3C[C@H]2[C@@H]1N(C)C. The Morgan fingerprint density at radius 1 is 1.06 bits per heavy atom. The van der Waals surface area contributed by atoms with E-state index < -0.39 is 5.41 Å². The Morgan fingerprint density at radius 3 is 2.23 bits per heavy atom. The van der Waals surface area contributed by atoms with Gasteiger partial charge >= 0.3 is 0 Å². The summed E-state index contributed by atoms with van der Waals surface area (Å²) >= 11 is 0. The fourth-order valence-electron chi connectivity index (χ4n) is 7.21. The average Bonchev–Trinajstić information content (AvgIpc) is 2.75. The first-order chi connectivity index (χ1) is 16.2. The van der Waals surface area contributed by atoms with E-state index in [1.165, 1.54) is 16.0 Å². The first kappa shape index (κ1) is 25.6. The number of allylic oxidation sites excluding steroid dienone is 2. The van der Waals surface area contributed by atoms with Gasteiger partial charge < -0.3 is 9.80 Å². The normalized spacial score (nSPS) is 28.4. The summed E-state index contributed by atoms with van der Waals surface area (Å²) in [6.07, 6.45) is 1.59. The number of benzene rings is 1. The molecule has 0 spiro atoms. The molecule has 0 N–H and O–H groups in total. The fraction of sp³-hybridized carbons (Fsp3) is 0.567. The van der Waals surface area contributed by atoms with Gasteiger partial charge in [-0.25, -0.2) is 0 Å². The molecule has 0 unspecified atom stereocenters. The van der Waals surface area contributed by atoms with Gasteiger partial charge in [-0.05, 0) is 94.6 Å². The molecule has 0 fully saturated rings. The quantitative estimate of drug-likeness (QED) is 0.592. The van der Waals surface area contributed by atoms with Crippen LogP contribution in [0.4, 0.5) is 0 Å². The monoisotopic (exact) mass is 476 g/mol. The van der Waals surface area contributed by atoms with Crippen LogP contribution < -0.4 is 0 Å². The van der Waals surface area contributed by atoms with Gasteiger partial charge in [0.15, 0.2) is 11.6 Å². The molecule has 1 aromatic rings. The van der Waals surface area contributed by atoms with Crippen LogP contribution in [0, 0.1) is 24.2 Å². The first-order valence-electron chi connectivity index (χ1n) is 12.8. The first-order valence-corrected chi connectivity index (χ1v) is 12.8. The number of carbonyl (C=O) groups excluding carboxylic acids is 3. The lowest BCUT2D eigenvalue weighted by atomic mass is 9.51. The number of amides is 1. The maximum absolute atomic E-state index is 14.2. The summed E-state index contributed by atoms with van der Waals surface area (Å²) in [4.78, 5) is 45.1. The third kappa shape index (κ3) is 3.49. The minimum atomic E-state index is -0.891. The van der Waals surface area contributed by atoms with Crippen molar-refractivity contribution in [2.45, 2.75) is 66.3 Å². The van der Waals surface area contributed by atoms with Crippen molar-refractivity contribution in [2.75, 3.05) is 28.2 Å². The third-order valence-electron chi connectivity index (χ3n) is 9.07. The predicted octanol–water partition coefficient (Wildman–Crippen LogP) is 4.73. The third-order valence-corrected chi connectivity index (χ3v) is 9.07. The molecule has 0 aromatic heterocycles. The Hall–Kier alpha value is -2.53. The van der Waals surface area contributed by atoms with Gasteiger partial charge in [-0.15, -0.1) is 0 Å². The number of hydrogen-bond acceptors (Lipinski definition) is 4. The molecule has 5 heteroatoms. The van der Waals surface area contributed by atoms with E-state index in [-0.39, 0.29) is 40.9 Å². The van der Waals surface area contributed by atoms with Crippen LogP contribution >= 0.6 is 0 Å². The second kappa shape index (κ2) is 8.55. The number of ketones is 2. The van der Waals surface area contributed by atoms with Crippen LogP contribution in [-0.2, 0) is 16.0 Å². The molecule has 35 heavy (non-hydrogen) atoms. The smallest absolute Gasteiger partial charge is 0.256 e. The van der Waals surface area contributed by atoms with E-state index in [4.69, 9.17) is 0 Å². The van der Waals surface area contributed by atoms with E-state index in [2.05, 4.69) is 30.9 Å². The Morgan fingerprint density at radius 2 is 1.69 bits per heavy atom. The number of likely N-dealkylation sites (N-methyl/N-ethyl adjacent to an activating group) is 2. The number of fused-ring (bicyclic) bond motifs is 3. The van der Waals surface area contributed by atoms with Gasteiger partial charge in [-0.1, -0.05) is 31.6 Å². The molecule has 0 bridgehead atoms. The fourth-order valence-corrected chi connectivity index (χ4v) is 7.21. The van der Waals surface area contributed by atoms with Gasteiger partial charge in [0, 0.05) is 31.3 Å². The Balaban J connectivity index is 1.97.